The average molecular weight is 388 g/mol. The van der Waals surface area contributed by atoms with Crippen LogP contribution in [0.3, 0.4) is 0 Å². The molecule has 2 aromatic rings. The molecule has 0 radical (unpaired) electrons. The third-order valence-electron chi connectivity index (χ3n) is 5.19. The van der Waals surface area contributed by atoms with Gasteiger partial charge in [0.05, 0.1) is 28.3 Å². The van der Waals surface area contributed by atoms with Crippen LogP contribution in [0.5, 0.6) is 0 Å². The Morgan fingerprint density at radius 3 is 2.88 bits per heavy atom. The topological polar surface area (TPSA) is 38.3 Å². The van der Waals surface area contributed by atoms with Crippen molar-refractivity contribution in [3.05, 3.63) is 75.3 Å². The Labute approximate surface area is 163 Å². The molecule has 0 saturated heterocycles. The number of hydrogen-bond donors (Lipinski definition) is 1. The second-order valence-corrected chi connectivity index (χ2v) is 7.43. The Kier molecular flexibility index (Phi) is 4.68. The minimum absolute atomic E-state index is 0.0714. The number of carbonyl (C=O) groups excluding carboxylic acids is 1. The molecule has 1 aliphatic heterocycles. The maximum absolute atomic E-state index is 12.1. The van der Waals surface area contributed by atoms with Crippen LogP contribution in [0.4, 0.5) is 5.69 Å². The minimum Gasteiger partial charge on any atom is -0.462 e. The van der Waals surface area contributed by atoms with Gasteiger partial charge in [-0.05, 0) is 54.7 Å². The van der Waals surface area contributed by atoms with Crippen molar-refractivity contribution in [1.29, 1.82) is 0 Å². The van der Waals surface area contributed by atoms with Crippen molar-refractivity contribution in [3.63, 3.8) is 0 Å². The summed E-state index contributed by atoms with van der Waals surface area (Å²) in [6.07, 6.45) is 5.38. The molecule has 2 aromatic carbocycles. The van der Waals surface area contributed by atoms with E-state index in [2.05, 4.69) is 17.5 Å². The molecule has 1 heterocycles. The van der Waals surface area contributed by atoms with Crippen molar-refractivity contribution >= 4 is 34.9 Å². The van der Waals surface area contributed by atoms with Gasteiger partial charge in [-0.2, -0.15) is 0 Å². The van der Waals surface area contributed by atoms with E-state index in [-0.39, 0.29) is 17.9 Å². The zero-order valence-electron chi connectivity index (χ0n) is 14.3. The first kappa shape index (κ1) is 17.4. The summed E-state index contributed by atoms with van der Waals surface area (Å²) in [4.78, 5) is 12.1. The van der Waals surface area contributed by atoms with E-state index in [4.69, 9.17) is 27.9 Å². The van der Waals surface area contributed by atoms with E-state index < -0.39 is 0 Å². The number of nitrogens with one attached hydrogen (secondary N) is 1. The standard InChI is InChI=1S/C21H19Cl2NO2/c1-2-26-21(25)12-9-10-18-16(11-12)13-5-3-6-14(13)20(24-18)15-7-4-8-17(22)19(15)23/h3-5,7-11,13-14,20,24H,2,6H2,1H3/t13-,14-,20+/m1/s1. The summed E-state index contributed by atoms with van der Waals surface area (Å²) in [5, 5.41) is 4.78. The number of hydrogen-bond acceptors (Lipinski definition) is 3. The first-order chi connectivity index (χ1) is 12.6. The van der Waals surface area contributed by atoms with Crippen LogP contribution in [0.25, 0.3) is 0 Å². The van der Waals surface area contributed by atoms with Crippen molar-refractivity contribution in [2.24, 2.45) is 5.92 Å². The van der Waals surface area contributed by atoms with Crippen molar-refractivity contribution in [2.75, 3.05) is 11.9 Å². The number of carbonyl (C=O) groups is 1. The molecule has 0 spiro atoms. The molecule has 0 saturated carbocycles. The van der Waals surface area contributed by atoms with Crippen LogP contribution in [-0.4, -0.2) is 12.6 Å². The number of allylic oxidation sites excluding steroid dienone is 2. The van der Waals surface area contributed by atoms with Crippen LogP contribution in [0.15, 0.2) is 48.6 Å². The lowest BCUT2D eigenvalue weighted by Crippen LogP contribution is -2.29. The van der Waals surface area contributed by atoms with Gasteiger partial charge >= 0.3 is 5.97 Å². The molecule has 3 nitrogen and oxygen atoms in total. The smallest absolute Gasteiger partial charge is 0.338 e. The molecule has 1 N–H and O–H groups in total. The zero-order chi connectivity index (χ0) is 18.3. The predicted octanol–water partition coefficient (Wildman–Crippen LogP) is 6.00. The lowest BCUT2D eigenvalue weighted by Gasteiger charge is -2.38. The predicted molar refractivity (Wildman–Crippen MR) is 105 cm³/mol. The van der Waals surface area contributed by atoms with Gasteiger partial charge < -0.3 is 10.1 Å². The number of ether oxygens (including phenoxy) is 1. The van der Waals surface area contributed by atoms with Gasteiger partial charge in [0.15, 0.2) is 0 Å². The largest absolute Gasteiger partial charge is 0.462 e. The molecule has 3 atom stereocenters. The highest BCUT2D eigenvalue weighted by Crippen LogP contribution is 2.51. The monoisotopic (exact) mass is 387 g/mol. The summed E-state index contributed by atoms with van der Waals surface area (Å²) in [6, 6.07) is 11.5. The van der Waals surface area contributed by atoms with Gasteiger partial charge in [-0.1, -0.05) is 47.5 Å². The molecule has 0 amide bonds. The third kappa shape index (κ3) is 2.89. The first-order valence-electron chi connectivity index (χ1n) is 8.78. The fourth-order valence-corrected chi connectivity index (χ4v) is 4.43. The second kappa shape index (κ2) is 6.98. The molecular weight excluding hydrogens is 369 g/mol. The number of rotatable bonds is 3. The number of benzene rings is 2. The Balaban J connectivity index is 1.75. The maximum Gasteiger partial charge on any atom is 0.338 e. The minimum atomic E-state index is -0.283. The molecule has 26 heavy (non-hydrogen) atoms. The van der Waals surface area contributed by atoms with Crippen LogP contribution < -0.4 is 5.32 Å². The normalized spacial score (nSPS) is 23.1. The summed E-state index contributed by atoms with van der Waals surface area (Å²) < 4.78 is 5.14. The summed E-state index contributed by atoms with van der Waals surface area (Å²) in [5.74, 6) is 0.283. The van der Waals surface area contributed by atoms with E-state index in [1.54, 1.807) is 12.1 Å². The molecule has 2 aliphatic rings. The highest BCUT2D eigenvalue weighted by Gasteiger charge is 2.39. The second-order valence-electron chi connectivity index (χ2n) is 6.64. The summed E-state index contributed by atoms with van der Waals surface area (Å²) >= 11 is 12.7. The van der Waals surface area contributed by atoms with Crippen molar-refractivity contribution < 1.29 is 9.53 Å². The van der Waals surface area contributed by atoms with E-state index in [0.29, 0.717) is 28.1 Å². The zero-order valence-corrected chi connectivity index (χ0v) is 15.8. The molecule has 134 valence electrons. The number of anilines is 1. The fraction of sp³-hybridized carbons (Fsp3) is 0.286. The van der Waals surface area contributed by atoms with Crippen LogP contribution in [-0.2, 0) is 4.74 Å². The van der Waals surface area contributed by atoms with Gasteiger partial charge in [-0.15, -0.1) is 0 Å². The van der Waals surface area contributed by atoms with Gasteiger partial charge in [0.25, 0.3) is 0 Å². The third-order valence-corrected chi connectivity index (χ3v) is 6.02. The Morgan fingerprint density at radius 2 is 2.08 bits per heavy atom. The lowest BCUT2D eigenvalue weighted by atomic mass is 9.76. The summed E-state index contributed by atoms with van der Waals surface area (Å²) in [5.41, 5.74) is 3.75. The van der Waals surface area contributed by atoms with E-state index in [1.807, 2.05) is 31.2 Å². The Morgan fingerprint density at radius 1 is 1.23 bits per heavy atom. The molecular formula is C21H19Cl2NO2. The highest BCUT2D eigenvalue weighted by molar-refractivity contribution is 6.42. The lowest BCUT2D eigenvalue weighted by molar-refractivity contribution is 0.0526. The fourth-order valence-electron chi connectivity index (χ4n) is 4.00. The van der Waals surface area contributed by atoms with Crippen molar-refractivity contribution in [1.82, 2.24) is 0 Å². The maximum atomic E-state index is 12.1. The molecule has 0 aromatic heterocycles. The van der Waals surface area contributed by atoms with Gasteiger partial charge in [0.1, 0.15) is 0 Å². The van der Waals surface area contributed by atoms with Gasteiger partial charge in [-0.3, -0.25) is 0 Å². The van der Waals surface area contributed by atoms with Crippen molar-refractivity contribution in [3.8, 4) is 0 Å². The van der Waals surface area contributed by atoms with E-state index in [1.165, 1.54) is 0 Å². The summed E-state index contributed by atoms with van der Waals surface area (Å²) in [7, 11) is 0. The van der Waals surface area contributed by atoms with Gasteiger partial charge in [0, 0.05) is 11.6 Å². The number of halogens is 2. The number of fused-ring (bicyclic) bond motifs is 3. The van der Waals surface area contributed by atoms with Crippen molar-refractivity contribution in [2.45, 2.75) is 25.3 Å². The van der Waals surface area contributed by atoms with Crippen LogP contribution in [0, 0.1) is 5.92 Å². The van der Waals surface area contributed by atoms with Crippen LogP contribution >= 0.6 is 23.2 Å². The molecule has 0 bridgehead atoms. The highest BCUT2D eigenvalue weighted by atomic mass is 35.5. The SMILES string of the molecule is CCOC(=O)c1ccc2c(c1)[C@@H]1C=CC[C@H]1[C@@H](c1cccc(Cl)c1Cl)N2. The molecule has 0 unspecified atom stereocenters. The average Bonchev–Trinajstić information content (AvgIpc) is 3.13. The first-order valence-corrected chi connectivity index (χ1v) is 9.54. The Hall–Kier alpha value is -1.97. The van der Waals surface area contributed by atoms with Crippen LogP contribution in [0.2, 0.25) is 10.0 Å². The summed E-state index contributed by atoms with van der Waals surface area (Å²) in [6.45, 7) is 2.18. The quantitative estimate of drug-likeness (QED) is 0.518. The molecule has 4 rings (SSSR count). The Bertz CT molecular complexity index is 894. The van der Waals surface area contributed by atoms with Gasteiger partial charge in [0.2, 0.25) is 0 Å². The van der Waals surface area contributed by atoms with E-state index in [0.717, 1.165) is 23.2 Å². The number of esters is 1. The molecule has 1 aliphatic carbocycles. The van der Waals surface area contributed by atoms with Crippen LogP contribution in [0.1, 0.15) is 46.8 Å². The van der Waals surface area contributed by atoms with E-state index >= 15 is 0 Å². The molecule has 5 heteroatoms. The van der Waals surface area contributed by atoms with E-state index in [9.17, 15) is 4.79 Å². The van der Waals surface area contributed by atoms with Gasteiger partial charge in [-0.25, -0.2) is 4.79 Å². The molecule has 0 fully saturated rings.